The molecule has 1 aromatic carbocycles. The first-order valence-corrected chi connectivity index (χ1v) is 8.77. The monoisotopic (exact) mass is 325 g/mol. The molecule has 0 aliphatic carbocycles. The molecule has 5 heteroatoms. The van der Waals surface area contributed by atoms with Crippen LogP contribution in [0.5, 0.6) is 0 Å². The zero-order valence-corrected chi connectivity index (χ0v) is 13.9. The molecule has 2 saturated heterocycles. The molecule has 0 spiro atoms. The number of piperidine rings is 2. The van der Waals surface area contributed by atoms with Crippen LogP contribution in [0, 0.1) is 17.2 Å². The van der Waals surface area contributed by atoms with Crippen molar-refractivity contribution < 1.29 is 9.59 Å². The van der Waals surface area contributed by atoms with E-state index in [4.69, 9.17) is 5.26 Å². The van der Waals surface area contributed by atoms with Gasteiger partial charge < -0.3 is 9.80 Å². The second kappa shape index (κ2) is 7.48. The molecule has 0 aromatic heterocycles. The Balaban J connectivity index is 1.55. The highest BCUT2D eigenvalue weighted by molar-refractivity contribution is 5.94. The fraction of sp³-hybridized carbons (Fsp3) is 0.526. The molecular weight excluding hydrogens is 302 g/mol. The van der Waals surface area contributed by atoms with Crippen molar-refractivity contribution in [2.24, 2.45) is 5.92 Å². The Kier molecular flexibility index (Phi) is 5.14. The van der Waals surface area contributed by atoms with E-state index in [-0.39, 0.29) is 17.7 Å². The maximum Gasteiger partial charge on any atom is 0.253 e. The van der Waals surface area contributed by atoms with Crippen LogP contribution in [0.2, 0.25) is 0 Å². The van der Waals surface area contributed by atoms with Crippen molar-refractivity contribution in [3.63, 3.8) is 0 Å². The van der Waals surface area contributed by atoms with Crippen LogP contribution >= 0.6 is 0 Å². The van der Waals surface area contributed by atoms with Gasteiger partial charge in [-0.3, -0.25) is 9.59 Å². The van der Waals surface area contributed by atoms with Crippen LogP contribution in [-0.2, 0) is 4.79 Å². The second-order valence-corrected chi connectivity index (χ2v) is 6.64. The number of carbonyl (C=O) groups excluding carboxylic acids is 2. The normalized spacial score (nSPS) is 19.0. The lowest BCUT2D eigenvalue weighted by Crippen LogP contribution is -2.45. The van der Waals surface area contributed by atoms with Gasteiger partial charge in [0, 0.05) is 37.7 Å². The summed E-state index contributed by atoms with van der Waals surface area (Å²) in [4.78, 5) is 28.9. The third-order valence-corrected chi connectivity index (χ3v) is 5.06. The Bertz CT molecular complexity index is 634. The molecular formula is C19H23N3O2. The molecule has 126 valence electrons. The van der Waals surface area contributed by atoms with Gasteiger partial charge in [-0.25, -0.2) is 0 Å². The number of carbonyl (C=O) groups is 2. The molecule has 0 atom stereocenters. The molecule has 1 aromatic rings. The van der Waals surface area contributed by atoms with Crippen LogP contribution in [0.4, 0.5) is 0 Å². The molecule has 0 radical (unpaired) electrons. The Hall–Kier alpha value is -2.35. The topological polar surface area (TPSA) is 64.4 Å². The van der Waals surface area contributed by atoms with Crippen LogP contribution in [0.1, 0.15) is 48.0 Å². The smallest absolute Gasteiger partial charge is 0.253 e. The fourth-order valence-electron chi connectivity index (χ4n) is 3.57. The van der Waals surface area contributed by atoms with Crippen LogP contribution in [-0.4, -0.2) is 47.8 Å². The van der Waals surface area contributed by atoms with Gasteiger partial charge in [-0.2, -0.15) is 5.26 Å². The number of likely N-dealkylation sites (tertiary alicyclic amines) is 2. The third kappa shape index (κ3) is 3.59. The molecule has 3 rings (SSSR count). The quantitative estimate of drug-likeness (QED) is 0.839. The SMILES string of the molecule is N#Cc1ccc(C(=O)N2CCC(C(=O)N3CCCCC3)CC2)cc1. The molecule has 24 heavy (non-hydrogen) atoms. The van der Waals surface area contributed by atoms with E-state index >= 15 is 0 Å². The Morgan fingerprint density at radius 1 is 0.917 bits per heavy atom. The van der Waals surface area contributed by atoms with Crippen molar-refractivity contribution in [2.75, 3.05) is 26.2 Å². The van der Waals surface area contributed by atoms with Gasteiger partial charge in [0.1, 0.15) is 0 Å². The van der Waals surface area contributed by atoms with Gasteiger partial charge in [0.25, 0.3) is 5.91 Å². The Labute approximate surface area is 142 Å². The van der Waals surface area contributed by atoms with Crippen molar-refractivity contribution in [3.05, 3.63) is 35.4 Å². The highest BCUT2D eigenvalue weighted by Gasteiger charge is 2.30. The summed E-state index contributed by atoms with van der Waals surface area (Å²) in [5.74, 6) is 0.330. The summed E-state index contributed by atoms with van der Waals surface area (Å²) in [6, 6.07) is 8.79. The number of rotatable bonds is 2. The highest BCUT2D eigenvalue weighted by Crippen LogP contribution is 2.23. The van der Waals surface area contributed by atoms with E-state index in [9.17, 15) is 9.59 Å². The third-order valence-electron chi connectivity index (χ3n) is 5.06. The minimum absolute atomic E-state index is 0.0108. The van der Waals surface area contributed by atoms with Gasteiger partial charge in [0.15, 0.2) is 0 Å². The largest absolute Gasteiger partial charge is 0.342 e. The van der Waals surface area contributed by atoms with Gasteiger partial charge in [-0.15, -0.1) is 0 Å². The Morgan fingerprint density at radius 3 is 2.12 bits per heavy atom. The maximum atomic E-state index is 12.6. The summed E-state index contributed by atoms with van der Waals surface area (Å²) in [6.45, 7) is 3.04. The van der Waals surface area contributed by atoms with Crippen LogP contribution in [0.25, 0.3) is 0 Å². The zero-order valence-electron chi connectivity index (χ0n) is 13.9. The van der Waals surface area contributed by atoms with E-state index in [1.165, 1.54) is 6.42 Å². The summed E-state index contributed by atoms with van der Waals surface area (Å²) in [6.07, 6.45) is 4.94. The number of benzene rings is 1. The van der Waals surface area contributed by atoms with Gasteiger partial charge in [0.2, 0.25) is 5.91 Å². The minimum Gasteiger partial charge on any atom is -0.342 e. The number of hydrogen-bond acceptors (Lipinski definition) is 3. The first-order valence-electron chi connectivity index (χ1n) is 8.77. The van der Waals surface area contributed by atoms with E-state index in [2.05, 4.69) is 6.07 Å². The molecule has 0 saturated carbocycles. The average Bonchev–Trinajstić information content (AvgIpc) is 2.68. The molecule has 2 aliphatic rings. The average molecular weight is 325 g/mol. The first kappa shape index (κ1) is 16.5. The van der Waals surface area contributed by atoms with Crippen LogP contribution in [0.3, 0.4) is 0 Å². The van der Waals surface area contributed by atoms with Gasteiger partial charge in [0.05, 0.1) is 11.6 Å². The number of nitrogens with zero attached hydrogens (tertiary/aromatic N) is 3. The maximum absolute atomic E-state index is 12.6. The molecule has 0 bridgehead atoms. The Morgan fingerprint density at radius 2 is 1.54 bits per heavy atom. The minimum atomic E-state index is -0.0108. The predicted molar refractivity (Wildman–Crippen MR) is 90.2 cm³/mol. The number of hydrogen-bond donors (Lipinski definition) is 0. The van der Waals surface area contributed by atoms with E-state index in [1.807, 2.05) is 9.80 Å². The molecule has 5 nitrogen and oxygen atoms in total. The number of amides is 2. The van der Waals surface area contributed by atoms with Crippen molar-refractivity contribution in [3.8, 4) is 6.07 Å². The molecule has 2 fully saturated rings. The lowest BCUT2D eigenvalue weighted by Gasteiger charge is -2.35. The molecule has 2 aliphatic heterocycles. The molecule has 2 amide bonds. The van der Waals surface area contributed by atoms with Crippen molar-refractivity contribution in [1.29, 1.82) is 5.26 Å². The van der Waals surface area contributed by atoms with E-state index < -0.39 is 0 Å². The van der Waals surface area contributed by atoms with Gasteiger partial charge >= 0.3 is 0 Å². The standard InChI is InChI=1S/C19H23N3O2/c20-14-15-4-6-16(7-5-15)18(23)22-12-8-17(9-13-22)19(24)21-10-2-1-3-11-21/h4-7,17H,1-3,8-13H2. The lowest BCUT2D eigenvalue weighted by molar-refractivity contribution is -0.137. The molecule has 2 heterocycles. The summed E-state index contributed by atoms with van der Waals surface area (Å²) in [5.41, 5.74) is 1.16. The second-order valence-electron chi connectivity index (χ2n) is 6.64. The highest BCUT2D eigenvalue weighted by atomic mass is 16.2. The molecule has 0 N–H and O–H groups in total. The van der Waals surface area contributed by atoms with E-state index in [0.29, 0.717) is 24.2 Å². The predicted octanol–water partition coefficient (Wildman–Crippen LogP) is 2.42. The number of nitriles is 1. The fourth-order valence-corrected chi connectivity index (χ4v) is 3.57. The summed E-state index contributed by atoms with van der Waals surface area (Å²) >= 11 is 0. The van der Waals surface area contributed by atoms with Crippen LogP contribution < -0.4 is 0 Å². The van der Waals surface area contributed by atoms with Crippen molar-refractivity contribution in [1.82, 2.24) is 9.80 Å². The summed E-state index contributed by atoms with van der Waals surface area (Å²) < 4.78 is 0. The summed E-state index contributed by atoms with van der Waals surface area (Å²) in [7, 11) is 0. The van der Waals surface area contributed by atoms with Gasteiger partial charge in [-0.1, -0.05) is 0 Å². The molecule has 0 unspecified atom stereocenters. The lowest BCUT2D eigenvalue weighted by atomic mass is 9.94. The van der Waals surface area contributed by atoms with E-state index in [1.54, 1.807) is 24.3 Å². The summed E-state index contributed by atoms with van der Waals surface area (Å²) in [5, 5.41) is 8.82. The van der Waals surface area contributed by atoms with E-state index in [0.717, 1.165) is 38.8 Å². The zero-order chi connectivity index (χ0) is 16.9. The first-order chi connectivity index (χ1) is 11.7. The van der Waals surface area contributed by atoms with Crippen molar-refractivity contribution >= 4 is 11.8 Å². The van der Waals surface area contributed by atoms with Crippen molar-refractivity contribution in [2.45, 2.75) is 32.1 Å². The van der Waals surface area contributed by atoms with Gasteiger partial charge in [-0.05, 0) is 56.4 Å². The van der Waals surface area contributed by atoms with Crippen LogP contribution in [0.15, 0.2) is 24.3 Å².